The van der Waals surface area contributed by atoms with Crippen molar-refractivity contribution in [2.45, 2.75) is 6.18 Å². The monoisotopic (exact) mass is 352 g/mol. The van der Waals surface area contributed by atoms with Gasteiger partial charge in [0.25, 0.3) is 0 Å². The van der Waals surface area contributed by atoms with E-state index in [1.807, 2.05) is 42.3 Å². The Morgan fingerprint density at radius 2 is 1.72 bits per heavy atom. The number of anilines is 1. The van der Waals surface area contributed by atoms with E-state index >= 15 is 0 Å². The molecule has 134 valence electrons. The highest BCUT2D eigenvalue weighted by Crippen LogP contribution is 2.30. The Bertz CT molecular complexity index is 673. The lowest BCUT2D eigenvalue weighted by atomic mass is 10.2. The number of amides is 1. The maximum Gasteiger partial charge on any atom is 0.416 e. The maximum absolute atomic E-state index is 12.4. The summed E-state index contributed by atoms with van der Waals surface area (Å²) in [5.74, 6) is 0.158. The van der Waals surface area contributed by atoms with Gasteiger partial charge in [-0.05, 0) is 36.4 Å². The van der Waals surface area contributed by atoms with E-state index < -0.39 is 11.7 Å². The van der Waals surface area contributed by atoms with Crippen molar-refractivity contribution in [2.24, 2.45) is 0 Å². The molecule has 0 radical (unpaired) electrons. The summed E-state index contributed by atoms with van der Waals surface area (Å²) in [4.78, 5) is 13.7. The number of hydrogen-bond donors (Lipinski definition) is 1. The summed E-state index contributed by atoms with van der Waals surface area (Å²) >= 11 is 0. The molecule has 25 heavy (non-hydrogen) atoms. The van der Waals surface area contributed by atoms with Crippen LogP contribution in [-0.2, 0) is 11.0 Å². The van der Waals surface area contributed by atoms with Crippen molar-refractivity contribution in [1.29, 1.82) is 0 Å². The number of para-hydroxylation sites is 1. The summed E-state index contributed by atoms with van der Waals surface area (Å²) in [6.07, 6.45) is -4.36. The molecule has 0 heterocycles. The predicted molar refractivity (Wildman–Crippen MR) is 89.7 cm³/mol. The molecule has 0 saturated carbocycles. The lowest BCUT2D eigenvalue weighted by molar-refractivity contribution is -0.137. The summed E-state index contributed by atoms with van der Waals surface area (Å²) in [6.45, 7) is 0.638. The third kappa shape index (κ3) is 6.02. The van der Waals surface area contributed by atoms with Gasteiger partial charge in [-0.2, -0.15) is 13.2 Å². The average molecular weight is 352 g/mol. The van der Waals surface area contributed by atoms with Gasteiger partial charge in [0.1, 0.15) is 12.4 Å². The van der Waals surface area contributed by atoms with Crippen molar-refractivity contribution < 1.29 is 22.7 Å². The van der Waals surface area contributed by atoms with Crippen LogP contribution >= 0.6 is 0 Å². The molecule has 0 aliphatic rings. The van der Waals surface area contributed by atoms with Crippen LogP contribution in [0.5, 0.6) is 5.75 Å². The van der Waals surface area contributed by atoms with Gasteiger partial charge in [-0.3, -0.25) is 4.79 Å². The predicted octanol–water partition coefficient (Wildman–Crippen LogP) is 3.34. The Kier molecular flexibility index (Phi) is 6.27. The van der Waals surface area contributed by atoms with Crippen molar-refractivity contribution >= 4 is 11.6 Å². The zero-order valence-corrected chi connectivity index (χ0v) is 13.7. The second-order valence-corrected chi connectivity index (χ2v) is 5.41. The van der Waals surface area contributed by atoms with Gasteiger partial charge in [0.2, 0.25) is 5.91 Å². The number of halogens is 3. The van der Waals surface area contributed by atoms with E-state index in [0.717, 1.165) is 17.8 Å². The van der Waals surface area contributed by atoms with Crippen molar-refractivity contribution in [3.05, 3.63) is 60.2 Å². The van der Waals surface area contributed by atoms with Crippen LogP contribution in [0.15, 0.2) is 54.6 Å². The van der Waals surface area contributed by atoms with Gasteiger partial charge in [-0.15, -0.1) is 0 Å². The van der Waals surface area contributed by atoms with E-state index in [2.05, 4.69) is 5.32 Å². The number of rotatable bonds is 7. The SMILES string of the molecule is CN(CC(=O)NCCOc1ccc(C(F)(F)F)cc1)c1ccccc1. The molecule has 0 saturated heterocycles. The van der Waals surface area contributed by atoms with Crippen molar-refractivity contribution in [2.75, 3.05) is 31.6 Å². The fourth-order valence-corrected chi connectivity index (χ4v) is 2.14. The third-order valence-corrected chi connectivity index (χ3v) is 3.45. The fraction of sp³-hybridized carbons (Fsp3) is 0.278. The Balaban J connectivity index is 1.69. The number of carbonyl (C=O) groups is 1. The number of nitrogens with zero attached hydrogens (tertiary/aromatic N) is 1. The highest BCUT2D eigenvalue weighted by molar-refractivity contribution is 5.81. The van der Waals surface area contributed by atoms with Gasteiger partial charge in [-0.1, -0.05) is 18.2 Å². The zero-order chi connectivity index (χ0) is 18.3. The Morgan fingerprint density at radius 3 is 2.32 bits per heavy atom. The second kappa shape index (κ2) is 8.41. The van der Waals surface area contributed by atoms with Crippen molar-refractivity contribution in [3.63, 3.8) is 0 Å². The summed E-state index contributed by atoms with van der Waals surface area (Å²) in [7, 11) is 1.81. The molecule has 0 atom stereocenters. The minimum Gasteiger partial charge on any atom is -0.492 e. The lowest BCUT2D eigenvalue weighted by Gasteiger charge is -2.18. The van der Waals surface area contributed by atoms with Gasteiger partial charge in [0.15, 0.2) is 0 Å². The van der Waals surface area contributed by atoms with E-state index in [4.69, 9.17) is 4.74 Å². The van der Waals surface area contributed by atoms with Gasteiger partial charge in [0.05, 0.1) is 18.7 Å². The van der Waals surface area contributed by atoms with Crippen molar-refractivity contribution in [1.82, 2.24) is 5.32 Å². The van der Waals surface area contributed by atoms with Crippen LogP contribution in [0, 0.1) is 0 Å². The standard InChI is InChI=1S/C18H19F3N2O2/c1-23(15-5-3-2-4-6-15)13-17(24)22-11-12-25-16-9-7-14(8-10-16)18(19,20)21/h2-10H,11-13H2,1H3,(H,22,24). The molecule has 0 aliphatic carbocycles. The Morgan fingerprint density at radius 1 is 1.08 bits per heavy atom. The first-order valence-electron chi connectivity index (χ1n) is 7.69. The molecule has 0 fully saturated rings. The molecule has 2 rings (SSSR count). The third-order valence-electron chi connectivity index (χ3n) is 3.45. The van der Waals surface area contributed by atoms with Gasteiger partial charge < -0.3 is 15.0 Å². The molecule has 7 heteroatoms. The number of likely N-dealkylation sites (N-methyl/N-ethyl adjacent to an activating group) is 1. The van der Waals surface area contributed by atoms with Gasteiger partial charge in [0, 0.05) is 12.7 Å². The van der Waals surface area contributed by atoms with E-state index in [1.54, 1.807) is 0 Å². The van der Waals surface area contributed by atoms with Gasteiger partial charge >= 0.3 is 6.18 Å². The molecule has 4 nitrogen and oxygen atoms in total. The van der Waals surface area contributed by atoms with E-state index in [1.165, 1.54) is 12.1 Å². The molecular weight excluding hydrogens is 333 g/mol. The van der Waals surface area contributed by atoms with Crippen LogP contribution in [0.1, 0.15) is 5.56 Å². The number of benzene rings is 2. The highest BCUT2D eigenvalue weighted by Gasteiger charge is 2.29. The Labute approximate surface area is 144 Å². The first kappa shape index (κ1) is 18.6. The smallest absolute Gasteiger partial charge is 0.416 e. The summed E-state index contributed by atoms with van der Waals surface area (Å²) < 4.78 is 42.7. The quantitative estimate of drug-likeness (QED) is 0.777. The average Bonchev–Trinajstić information content (AvgIpc) is 2.59. The first-order chi connectivity index (χ1) is 11.9. The minimum absolute atomic E-state index is 0.164. The van der Waals surface area contributed by atoms with Crippen molar-refractivity contribution in [3.8, 4) is 5.75 Å². The number of ether oxygens (including phenoxy) is 1. The van der Waals surface area contributed by atoms with Crippen LogP contribution < -0.4 is 15.0 Å². The Hall–Kier alpha value is -2.70. The van der Waals surface area contributed by atoms with Crippen LogP contribution in [-0.4, -0.2) is 32.7 Å². The zero-order valence-electron chi connectivity index (χ0n) is 13.7. The maximum atomic E-state index is 12.4. The molecule has 2 aromatic rings. The van der Waals surface area contributed by atoms with E-state index in [9.17, 15) is 18.0 Å². The largest absolute Gasteiger partial charge is 0.492 e. The molecule has 0 unspecified atom stereocenters. The fourth-order valence-electron chi connectivity index (χ4n) is 2.14. The number of nitrogens with one attached hydrogen (secondary N) is 1. The molecule has 0 aromatic heterocycles. The number of alkyl halides is 3. The normalized spacial score (nSPS) is 11.0. The number of hydrogen-bond acceptors (Lipinski definition) is 3. The van der Waals surface area contributed by atoms with E-state index in [-0.39, 0.29) is 25.6 Å². The van der Waals surface area contributed by atoms with Crippen LogP contribution in [0.2, 0.25) is 0 Å². The molecule has 1 N–H and O–H groups in total. The molecule has 0 aliphatic heterocycles. The highest BCUT2D eigenvalue weighted by atomic mass is 19.4. The molecule has 0 spiro atoms. The second-order valence-electron chi connectivity index (χ2n) is 5.41. The molecular formula is C18H19F3N2O2. The summed E-state index contributed by atoms with van der Waals surface area (Å²) in [5, 5.41) is 2.70. The topological polar surface area (TPSA) is 41.6 Å². The first-order valence-corrected chi connectivity index (χ1v) is 7.69. The molecule has 1 amide bonds. The van der Waals surface area contributed by atoms with E-state index in [0.29, 0.717) is 5.75 Å². The minimum atomic E-state index is -4.36. The number of carbonyl (C=O) groups excluding carboxylic acids is 1. The van der Waals surface area contributed by atoms with Gasteiger partial charge in [-0.25, -0.2) is 0 Å². The van der Waals surface area contributed by atoms with Crippen LogP contribution in [0.4, 0.5) is 18.9 Å². The lowest BCUT2D eigenvalue weighted by Crippen LogP contribution is -2.37. The molecule has 0 bridgehead atoms. The van der Waals surface area contributed by atoms with Crippen LogP contribution in [0.25, 0.3) is 0 Å². The van der Waals surface area contributed by atoms with Crippen LogP contribution in [0.3, 0.4) is 0 Å². The summed E-state index contributed by atoms with van der Waals surface area (Å²) in [6, 6.07) is 13.9. The molecule has 2 aromatic carbocycles. The summed E-state index contributed by atoms with van der Waals surface area (Å²) in [5.41, 5.74) is 0.204.